The number of pyridine rings is 1. The second-order valence-corrected chi connectivity index (χ2v) is 11.5. The van der Waals surface area contributed by atoms with E-state index in [1.807, 2.05) is 20.8 Å². The van der Waals surface area contributed by atoms with Gasteiger partial charge in [-0.2, -0.15) is 0 Å². The Labute approximate surface area is 235 Å². The van der Waals surface area contributed by atoms with E-state index in [4.69, 9.17) is 15.2 Å². The smallest absolute Gasteiger partial charge is 0.310 e. The van der Waals surface area contributed by atoms with E-state index in [0.29, 0.717) is 23.2 Å². The number of anilines is 2. The molecule has 2 N–H and O–H groups in total. The lowest BCUT2D eigenvalue weighted by atomic mass is 9.82. The average molecular weight is 552 g/mol. The molecular weight excluding hydrogens is 512 g/mol. The molecule has 214 valence electrons. The van der Waals surface area contributed by atoms with Gasteiger partial charge in [0, 0.05) is 36.3 Å². The van der Waals surface area contributed by atoms with Crippen LogP contribution in [0.25, 0.3) is 11.1 Å². The van der Waals surface area contributed by atoms with Crippen molar-refractivity contribution in [1.82, 2.24) is 4.98 Å². The van der Waals surface area contributed by atoms with Crippen LogP contribution in [-0.4, -0.2) is 36.8 Å². The van der Waals surface area contributed by atoms with Crippen molar-refractivity contribution in [2.45, 2.75) is 66.4 Å². The number of ether oxygens (including phenoxy) is 2. The summed E-state index contributed by atoms with van der Waals surface area (Å²) in [6.07, 6.45) is 2.27. The van der Waals surface area contributed by atoms with Crippen LogP contribution in [0.1, 0.15) is 57.4 Å². The fourth-order valence-electron chi connectivity index (χ4n) is 5.08. The molecule has 0 saturated carbocycles. The Bertz CT molecular complexity index is 1350. The first-order valence-electron chi connectivity index (χ1n) is 13.8. The lowest BCUT2D eigenvalue weighted by Crippen LogP contribution is -2.38. The minimum absolute atomic E-state index is 0.0482. The highest BCUT2D eigenvalue weighted by Gasteiger charge is 2.31. The number of nitrogens with two attached hydrogens (primary N) is 1. The maximum absolute atomic E-state index is 15.3. The maximum Gasteiger partial charge on any atom is 0.310 e. The Kier molecular flexibility index (Phi) is 8.96. The van der Waals surface area contributed by atoms with Crippen LogP contribution in [0, 0.1) is 24.0 Å². The Morgan fingerprint density at radius 1 is 1.10 bits per heavy atom. The zero-order valence-electron chi connectivity index (χ0n) is 24.0. The van der Waals surface area contributed by atoms with E-state index >= 15 is 4.39 Å². The molecule has 8 heteroatoms. The molecule has 3 aromatic rings. The van der Waals surface area contributed by atoms with Crippen molar-refractivity contribution >= 4 is 17.5 Å². The molecular formula is C32H39F2N3O3. The standard InChI is InChI=1S/C32H39F2N3O3/c1-20(2)40-28(38)19-25-21(3)36-31(35)29(30(25)37-15-13-32(4,5)14-16-37)23-8-11-27(26(34)18-23)39-17-12-22-6-9-24(33)10-7-22/h6-11,18,20H,12-17,19H2,1-5H3,(H2,35,36). The third-order valence-corrected chi connectivity index (χ3v) is 7.41. The number of hydrogen-bond acceptors (Lipinski definition) is 6. The van der Waals surface area contributed by atoms with Crippen molar-refractivity contribution in [3.8, 4) is 16.9 Å². The summed E-state index contributed by atoms with van der Waals surface area (Å²) in [7, 11) is 0. The molecule has 6 nitrogen and oxygen atoms in total. The lowest BCUT2D eigenvalue weighted by Gasteiger charge is -2.40. The number of carbonyl (C=O) groups is 1. The Balaban J connectivity index is 1.67. The molecule has 1 saturated heterocycles. The number of aryl methyl sites for hydroxylation is 1. The Morgan fingerprint density at radius 3 is 2.40 bits per heavy atom. The zero-order chi connectivity index (χ0) is 29.0. The first-order chi connectivity index (χ1) is 18.9. The summed E-state index contributed by atoms with van der Waals surface area (Å²) in [5.74, 6) is -0.772. The molecule has 1 aliphatic heterocycles. The molecule has 1 aliphatic rings. The summed E-state index contributed by atoms with van der Waals surface area (Å²) in [5.41, 5.74) is 11.0. The predicted molar refractivity (Wildman–Crippen MR) is 155 cm³/mol. The molecule has 0 amide bonds. The van der Waals surface area contributed by atoms with Gasteiger partial charge in [0.05, 0.1) is 24.8 Å². The number of hydrogen-bond donors (Lipinski definition) is 1. The van der Waals surface area contributed by atoms with Crippen LogP contribution in [0.2, 0.25) is 0 Å². The summed E-state index contributed by atoms with van der Waals surface area (Å²) < 4.78 is 39.7. The summed E-state index contributed by atoms with van der Waals surface area (Å²) in [6, 6.07) is 10.9. The normalized spacial score (nSPS) is 14.8. The monoisotopic (exact) mass is 551 g/mol. The number of nitrogen functional groups attached to an aromatic ring is 1. The molecule has 0 atom stereocenters. The Hall–Kier alpha value is -3.68. The fourth-order valence-corrected chi connectivity index (χ4v) is 5.08. The SMILES string of the molecule is Cc1nc(N)c(-c2ccc(OCCc3ccc(F)cc3)c(F)c2)c(N2CCC(C)(C)CC2)c1CC(=O)OC(C)C. The number of carbonyl (C=O) groups excluding carboxylic acids is 1. The number of rotatable bonds is 9. The van der Waals surface area contributed by atoms with Crippen LogP contribution in [0.4, 0.5) is 20.3 Å². The third kappa shape index (κ3) is 7.09. The largest absolute Gasteiger partial charge is 0.490 e. The highest BCUT2D eigenvalue weighted by molar-refractivity contribution is 5.91. The van der Waals surface area contributed by atoms with Gasteiger partial charge in [-0.3, -0.25) is 4.79 Å². The molecule has 0 bridgehead atoms. The van der Waals surface area contributed by atoms with Gasteiger partial charge in [0.2, 0.25) is 0 Å². The highest BCUT2D eigenvalue weighted by Crippen LogP contribution is 2.43. The molecule has 4 rings (SSSR count). The van der Waals surface area contributed by atoms with Crippen LogP contribution in [-0.2, 0) is 22.4 Å². The number of benzene rings is 2. The minimum Gasteiger partial charge on any atom is -0.490 e. The van der Waals surface area contributed by atoms with E-state index in [-0.39, 0.29) is 47.9 Å². The maximum atomic E-state index is 15.3. The van der Waals surface area contributed by atoms with E-state index in [0.717, 1.165) is 42.7 Å². The van der Waals surface area contributed by atoms with Gasteiger partial charge >= 0.3 is 5.97 Å². The quantitative estimate of drug-likeness (QED) is 0.300. The van der Waals surface area contributed by atoms with Gasteiger partial charge in [0.15, 0.2) is 11.6 Å². The van der Waals surface area contributed by atoms with Gasteiger partial charge in [0.1, 0.15) is 11.6 Å². The Morgan fingerprint density at radius 2 is 1.77 bits per heavy atom. The minimum atomic E-state index is -0.525. The molecule has 1 aromatic heterocycles. The van der Waals surface area contributed by atoms with Gasteiger partial charge in [-0.15, -0.1) is 0 Å². The van der Waals surface area contributed by atoms with Crippen molar-refractivity contribution in [3.05, 3.63) is 70.9 Å². The lowest BCUT2D eigenvalue weighted by molar-refractivity contribution is -0.146. The van der Waals surface area contributed by atoms with Gasteiger partial charge < -0.3 is 20.1 Å². The van der Waals surface area contributed by atoms with Crippen molar-refractivity contribution in [2.24, 2.45) is 5.41 Å². The molecule has 40 heavy (non-hydrogen) atoms. The highest BCUT2D eigenvalue weighted by atomic mass is 19.1. The average Bonchev–Trinajstić information content (AvgIpc) is 2.87. The van der Waals surface area contributed by atoms with E-state index < -0.39 is 5.82 Å². The van der Waals surface area contributed by atoms with Crippen LogP contribution in [0.5, 0.6) is 5.75 Å². The zero-order valence-corrected chi connectivity index (χ0v) is 24.0. The van der Waals surface area contributed by atoms with Crippen LogP contribution in [0.15, 0.2) is 42.5 Å². The number of nitrogens with zero attached hydrogens (tertiary/aromatic N) is 2. The number of piperidine rings is 1. The first-order valence-corrected chi connectivity index (χ1v) is 13.8. The molecule has 2 aromatic carbocycles. The van der Waals surface area contributed by atoms with Crippen molar-refractivity contribution < 1.29 is 23.0 Å². The summed E-state index contributed by atoms with van der Waals surface area (Å²) in [6.45, 7) is 11.8. The number of aromatic nitrogens is 1. The first kappa shape index (κ1) is 29.3. The number of halogens is 2. The molecule has 0 aliphatic carbocycles. The molecule has 0 spiro atoms. The van der Waals surface area contributed by atoms with Crippen LogP contribution in [0.3, 0.4) is 0 Å². The molecule has 2 heterocycles. The second kappa shape index (κ2) is 12.2. The predicted octanol–water partition coefficient (Wildman–Crippen LogP) is 6.66. The topological polar surface area (TPSA) is 77.7 Å². The van der Waals surface area contributed by atoms with E-state index in [2.05, 4.69) is 23.7 Å². The molecule has 1 fully saturated rings. The van der Waals surface area contributed by atoms with Crippen molar-refractivity contribution in [2.75, 3.05) is 30.3 Å². The van der Waals surface area contributed by atoms with Crippen molar-refractivity contribution in [3.63, 3.8) is 0 Å². The van der Waals surface area contributed by atoms with Gasteiger partial charge in [-0.05, 0) is 74.4 Å². The summed E-state index contributed by atoms with van der Waals surface area (Å²) in [4.78, 5) is 19.6. The fraction of sp³-hybridized carbons (Fsp3) is 0.438. The number of esters is 1. The molecule has 0 radical (unpaired) electrons. The summed E-state index contributed by atoms with van der Waals surface area (Å²) >= 11 is 0. The van der Waals surface area contributed by atoms with Crippen molar-refractivity contribution in [1.29, 1.82) is 0 Å². The van der Waals surface area contributed by atoms with Gasteiger partial charge in [-0.1, -0.05) is 32.0 Å². The van der Waals surface area contributed by atoms with Crippen LogP contribution < -0.4 is 15.4 Å². The van der Waals surface area contributed by atoms with Crippen LogP contribution >= 0.6 is 0 Å². The second-order valence-electron chi connectivity index (χ2n) is 11.5. The summed E-state index contributed by atoms with van der Waals surface area (Å²) in [5, 5.41) is 0. The van der Waals surface area contributed by atoms with E-state index in [9.17, 15) is 9.18 Å². The third-order valence-electron chi connectivity index (χ3n) is 7.41. The van der Waals surface area contributed by atoms with E-state index in [1.165, 1.54) is 18.2 Å². The van der Waals surface area contributed by atoms with Gasteiger partial charge in [0.25, 0.3) is 0 Å². The van der Waals surface area contributed by atoms with Gasteiger partial charge in [-0.25, -0.2) is 13.8 Å². The van der Waals surface area contributed by atoms with E-state index in [1.54, 1.807) is 24.3 Å². The molecule has 0 unspecified atom stereocenters.